The van der Waals surface area contributed by atoms with Crippen molar-refractivity contribution in [3.8, 4) is 16.8 Å². The fourth-order valence-electron chi connectivity index (χ4n) is 7.63. The Morgan fingerprint density at radius 1 is 0.478 bits per heavy atom. The molecule has 0 amide bonds. The molecule has 7 aromatic carbocycles. The van der Waals surface area contributed by atoms with Crippen molar-refractivity contribution in [3.05, 3.63) is 163 Å². The third-order valence-electron chi connectivity index (χ3n) is 9.71. The highest BCUT2D eigenvalue weighted by molar-refractivity contribution is 6.22. The zero-order valence-corrected chi connectivity index (χ0v) is 25.1. The van der Waals surface area contributed by atoms with Gasteiger partial charge in [0.15, 0.2) is 0 Å². The number of hydrogen-bond acceptors (Lipinski definition) is 1. The Morgan fingerprint density at radius 3 is 2.04 bits per heavy atom. The minimum absolute atomic E-state index is 0.0249. The largest absolute Gasteiger partial charge is 0.361 e. The number of benzene rings is 7. The molecule has 0 aliphatic carbocycles. The number of nitrogens with zero attached hydrogens (tertiary/aromatic N) is 2. The van der Waals surface area contributed by atoms with Crippen molar-refractivity contribution in [1.82, 2.24) is 9.13 Å². The van der Waals surface area contributed by atoms with Crippen LogP contribution in [0, 0.1) is 0 Å². The standard InChI is InChI=1S/C43H29N3/c1-2-12-32(13-3-1)45-40-23-20-31(27-36(40)43-33-14-6-4-10-28(33)18-24-41(43)45)30-19-22-39-35(26-30)34-15-7-9-17-38(34)46(39)42-25-21-29-11-5-8-16-37(29)44-42/h1-27,42,44H. The van der Waals surface area contributed by atoms with E-state index in [1.54, 1.807) is 0 Å². The second-order valence-electron chi connectivity index (χ2n) is 12.2. The van der Waals surface area contributed by atoms with Gasteiger partial charge in [0.05, 0.1) is 22.1 Å². The molecule has 2 aromatic heterocycles. The average Bonchev–Trinajstić information content (AvgIpc) is 3.64. The van der Waals surface area contributed by atoms with Crippen LogP contribution in [0.1, 0.15) is 11.7 Å². The Labute approximate surface area is 266 Å². The van der Waals surface area contributed by atoms with Gasteiger partial charge in [0.25, 0.3) is 0 Å². The van der Waals surface area contributed by atoms with E-state index in [0.29, 0.717) is 0 Å². The van der Waals surface area contributed by atoms with Gasteiger partial charge in [-0.05, 0) is 88.1 Å². The van der Waals surface area contributed by atoms with E-state index < -0.39 is 0 Å². The van der Waals surface area contributed by atoms with E-state index in [9.17, 15) is 0 Å². The number of fused-ring (bicyclic) bond motifs is 9. The Morgan fingerprint density at radius 2 is 1.15 bits per heavy atom. The van der Waals surface area contributed by atoms with Crippen LogP contribution in [0.5, 0.6) is 0 Å². The van der Waals surface area contributed by atoms with Gasteiger partial charge in [-0.25, -0.2) is 0 Å². The summed E-state index contributed by atoms with van der Waals surface area (Å²) in [6, 6.07) is 55.2. The third kappa shape index (κ3) is 3.66. The van der Waals surface area contributed by atoms with Crippen molar-refractivity contribution >= 4 is 66.1 Å². The minimum atomic E-state index is 0.0249. The summed E-state index contributed by atoms with van der Waals surface area (Å²) in [6.45, 7) is 0. The fourth-order valence-corrected chi connectivity index (χ4v) is 7.63. The van der Waals surface area contributed by atoms with Crippen molar-refractivity contribution in [2.24, 2.45) is 0 Å². The van der Waals surface area contributed by atoms with Gasteiger partial charge in [0.1, 0.15) is 6.17 Å². The molecule has 216 valence electrons. The lowest BCUT2D eigenvalue weighted by molar-refractivity contribution is 0.725. The number of hydrogen-bond donors (Lipinski definition) is 1. The smallest absolute Gasteiger partial charge is 0.123 e. The van der Waals surface area contributed by atoms with E-state index >= 15 is 0 Å². The van der Waals surface area contributed by atoms with Gasteiger partial charge in [-0.2, -0.15) is 0 Å². The van der Waals surface area contributed by atoms with Crippen molar-refractivity contribution in [2.45, 2.75) is 6.17 Å². The first-order chi connectivity index (χ1) is 22.8. The highest BCUT2D eigenvalue weighted by atomic mass is 15.2. The number of nitrogens with one attached hydrogen (secondary N) is 1. The zero-order chi connectivity index (χ0) is 30.2. The Balaban J connectivity index is 1.19. The van der Waals surface area contributed by atoms with E-state index in [2.05, 4.69) is 178 Å². The molecule has 0 saturated carbocycles. The maximum absolute atomic E-state index is 3.77. The van der Waals surface area contributed by atoms with Gasteiger partial charge in [-0.1, -0.05) is 103 Å². The molecular weight excluding hydrogens is 558 g/mol. The second-order valence-corrected chi connectivity index (χ2v) is 12.2. The Hall–Kier alpha value is -6.06. The van der Waals surface area contributed by atoms with E-state index in [-0.39, 0.29) is 6.17 Å². The first kappa shape index (κ1) is 25.3. The van der Waals surface area contributed by atoms with Gasteiger partial charge in [-0.15, -0.1) is 0 Å². The lowest BCUT2D eigenvalue weighted by Gasteiger charge is -2.25. The molecule has 1 N–H and O–H groups in total. The molecule has 3 heterocycles. The van der Waals surface area contributed by atoms with Gasteiger partial charge >= 0.3 is 0 Å². The van der Waals surface area contributed by atoms with Crippen LogP contribution in [0.15, 0.2) is 158 Å². The highest BCUT2D eigenvalue weighted by Gasteiger charge is 2.21. The molecule has 1 aliphatic heterocycles. The molecule has 3 heteroatoms. The summed E-state index contributed by atoms with van der Waals surface area (Å²) < 4.78 is 4.84. The molecular formula is C43H29N3. The summed E-state index contributed by atoms with van der Waals surface area (Å²) in [6.07, 6.45) is 4.52. The first-order valence-corrected chi connectivity index (χ1v) is 15.9. The van der Waals surface area contributed by atoms with Crippen molar-refractivity contribution in [1.29, 1.82) is 0 Å². The van der Waals surface area contributed by atoms with E-state index in [0.717, 1.165) is 5.69 Å². The van der Waals surface area contributed by atoms with Crippen LogP contribution >= 0.6 is 0 Å². The number of aromatic nitrogens is 2. The molecule has 46 heavy (non-hydrogen) atoms. The fraction of sp³-hybridized carbons (Fsp3) is 0.0233. The van der Waals surface area contributed by atoms with Gasteiger partial charge in [-0.3, -0.25) is 0 Å². The average molecular weight is 588 g/mol. The topological polar surface area (TPSA) is 21.9 Å². The lowest BCUT2D eigenvalue weighted by atomic mass is 9.99. The maximum Gasteiger partial charge on any atom is 0.123 e. The molecule has 0 radical (unpaired) electrons. The molecule has 0 bridgehead atoms. The summed E-state index contributed by atoms with van der Waals surface area (Å²) >= 11 is 0. The van der Waals surface area contributed by atoms with Gasteiger partial charge in [0, 0.05) is 32.9 Å². The number of anilines is 1. The molecule has 0 spiro atoms. The second kappa shape index (κ2) is 9.72. The van der Waals surface area contributed by atoms with Crippen molar-refractivity contribution in [3.63, 3.8) is 0 Å². The lowest BCUT2D eigenvalue weighted by Crippen LogP contribution is -2.18. The Kier molecular flexibility index (Phi) is 5.34. The summed E-state index contributed by atoms with van der Waals surface area (Å²) in [5, 5.41) is 11.4. The number of para-hydroxylation sites is 3. The molecule has 1 atom stereocenters. The van der Waals surface area contributed by atoms with Crippen LogP contribution in [-0.2, 0) is 0 Å². The zero-order valence-electron chi connectivity index (χ0n) is 25.1. The van der Waals surface area contributed by atoms with Crippen molar-refractivity contribution in [2.75, 3.05) is 5.32 Å². The maximum atomic E-state index is 3.77. The first-order valence-electron chi connectivity index (χ1n) is 15.9. The summed E-state index contributed by atoms with van der Waals surface area (Å²) in [5.41, 5.74) is 10.9. The van der Waals surface area contributed by atoms with Crippen LogP contribution in [-0.4, -0.2) is 9.13 Å². The SMILES string of the molecule is C1=CC(n2c3ccccc3c3cc(-c4ccc5c(c4)c4c6ccccc6ccc4n5-c4ccccc4)ccc32)Nc2ccccc21. The molecule has 0 saturated heterocycles. The molecule has 9 aromatic rings. The van der Waals surface area contributed by atoms with Crippen LogP contribution in [0.4, 0.5) is 5.69 Å². The molecule has 0 fully saturated rings. The molecule has 10 rings (SSSR count). The Bertz CT molecular complexity index is 2670. The molecule has 1 aliphatic rings. The van der Waals surface area contributed by atoms with Crippen LogP contribution in [0.2, 0.25) is 0 Å². The molecule has 3 nitrogen and oxygen atoms in total. The summed E-state index contributed by atoms with van der Waals surface area (Å²) in [4.78, 5) is 0. The van der Waals surface area contributed by atoms with Crippen molar-refractivity contribution < 1.29 is 0 Å². The van der Waals surface area contributed by atoms with Crippen LogP contribution in [0.3, 0.4) is 0 Å². The van der Waals surface area contributed by atoms with Crippen LogP contribution in [0.25, 0.3) is 77.3 Å². The predicted molar refractivity (Wildman–Crippen MR) is 195 cm³/mol. The van der Waals surface area contributed by atoms with Gasteiger partial charge in [0.2, 0.25) is 0 Å². The van der Waals surface area contributed by atoms with Gasteiger partial charge < -0.3 is 14.5 Å². The minimum Gasteiger partial charge on any atom is -0.361 e. The molecule has 1 unspecified atom stereocenters. The predicted octanol–water partition coefficient (Wildman–Crippen LogP) is 11.3. The third-order valence-corrected chi connectivity index (χ3v) is 9.71. The normalized spacial score (nSPS) is 14.4. The summed E-state index contributed by atoms with van der Waals surface area (Å²) in [5.74, 6) is 0. The van der Waals surface area contributed by atoms with Crippen LogP contribution < -0.4 is 5.32 Å². The number of rotatable bonds is 3. The summed E-state index contributed by atoms with van der Waals surface area (Å²) in [7, 11) is 0. The quantitative estimate of drug-likeness (QED) is 0.218. The van der Waals surface area contributed by atoms with E-state index in [1.165, 1.54) is 76.8 Å². The monoisotopic (exact) mass is 587 g/mol. The van der Waals surface area contributed by atoms with E-state index in [4.69, 9.17) is 0 Å². The highest BCUT2D eigenvalue weighted by Crippen LogP contribution is 2.41. The van der Waals surface area contributed by atoms with E-state index in [1.807, 2.05) is 0 Å².